The van der Waals surface area contributed by atoms with Gasteiger partial charge in [-0.25, -0.2) is 14.8 Å². The Morgan fingerprint density at radius 3 is 2.68 bits per heavy atom. The van der Waals surface area contributed by atoms with Gasteiger partial charge in [0.1, 0.15) is 30.5 Å². The monoisotopic (exact) mass is 419 g/mol. The van der Waals surface area contributed by atoms with Gasteiger partial charge in [0.25, 0.3) is 0 Å². The molecule has 0 atom stereocenters. The molecule has 2 rings (SSSR count). The molecule has 0 spiro atoms. The number of methoxy groups -OCH3 is 1. The predicted molar refractivity (Wildman–Crippen MR) is 113 cm³/mol. The quantitative estimate of drug-likeness (QED) is 0.184. The number of nitriles is 1. The van der Waals surface area contributed by atoms with Crippen LogP contribution < -0.4 is 9.47 Å². The maximum absolute atomic E-state index is 11.4. The molecule has 0 aliphatic carbocycles. The average molecular weight is 419 g/mol. The van der Waals surface area contributed by atoms with Crippen LogP contribution in [0.4, 0.5) is 0 Å². The normalized spacial score (nSPS) is 11.1. The van der Waals surface area contributed by atoms with E-state index < -0.39 is 5.97 Å². The van der Waals surface area contributed by atoms with Gasteiger partial charge < -0.3 is 18.9 Å². The van der Waals surface area contributed by atoms with Crippen LogP contribution in [-0.4, -0.2) is 23.0 Å². The van der Waals surface area contributed by atoms with E-state index in [1.807, 2.05) is 6.07 Å². The van der Waals surface area contributed by atoms with E-state index in [1.165, 1.54) is 25.6 Å². The number of hydrogen-bond acceptors (Lipinski definition) is 8. The van der Waals surface area contributed by atoms with Gasteiger partial charge in [0.2, 0.25) is 11.8 Å². The number of ether oxygens (including phenoxy) is 4. The minimum atomic E-state index is -0.656. The van der Waals surface area contributed by atoms with Crippen molar-refractivity contribution in [1.82, 2.24) is 9.97 Å². The highest BCUT2D eigenvalue weighted by atomic mass is 16.6. The first-order valence-corrected chi connectivity index (χ1v) is 9.07. The number of rotatable bonds is 10. The number of carbonyl (C=O) groups is 1. The van der Waals surface area contributed by atoms with E-state index in [9.17, 15) is 10.1 Å². The summed E-state index contributed by atoms with van der Waals surface area (Å²) >= 11 is 0. The third kappa shape index (κ3) is 6.58. The van der Waals surface area contributed by atoms with Gasteiger partial charge >= 0.3 is 5.97 Å². The Morgan fingerprint density at radius 2 is 2.00 bits per heavy atom. The smallest absolute Gasteiger partial charge is 0.372 e. The molecule has 0 saturated heterocycles. The number of esters is 1. The highest BCUT2D eigenvalue weighted by Crippen LogP contribution is 2.27. The maximum Gasteiger partial charge on any atom is 0.372 e. The van der Waals surface area contributed by atoms with Gasteiger partial charge in [-0.1, -0.05) is 30.9 Å². The lowest BCUT2D eigenvalue weighted by Gasteiger charge is -2.12. The van der Waals surface area contributed by atoms with Crippen molar-refractivity contribution in [2.75, 3.05) is 7.11 Å². The van der Waals surface area contributed by atoms with Crippen LogP contribution in [0.3, 0.4) is 0 Å². The topological polar surface area (TPSA) is 104 Å². The SMILES string of the molecule is C=C/C(Oc1cc(Oc2ccccc2COC(=C)C(=O)OC)ncn1)=C(C#N)\C=C\C. The number of aromatic nitrogens is 2. The van der Waals surface area contributed by atoms with Gasteiger partial charge in [0.05, 0.1) is 18.7 Å². The third-order valence-electron chi connectivity index (χ3n) is 3.74. The lowest BCUT2D eigenvalue weighted by Crippen LogP contribution is -2.07. The first-order valence-electron chi connectivity index (χ1n) is 9.07. The van der Waals surface area contributed by atoms with Gasteiger partial charge in [-0.3, -0.25) is 0 Å². The summed E-state index contributed by atoms with van der Waals surface area (Å²) in [5, 5.41) is 9.26. The lowest BCUT2D eigenvalue weighted by atomic mass is 10.2. The zero-order chi connectivity index (χ0) is 22.6. The van der Waals surface area contributed by atoms with Crippen LogP contribution in [0, 0.1) is 11.3 Å². The molecular weight excluding hydrogens is 398 g/mol. The van der Waals surface area contributed by atoms with Crippen molar-refractivity contribution < 1.29 is 23.7 Å². The van der Waals surface area contributed by atoms with E-state index >= 15 is 0 Å². The minimum absolute atomic E-state index is 0.0385. The Bertz CT molecular complexity index is 1070. The molecule has 0 N–H and O–H groups in total. The summed E-state index contributed by atoms with van der Waals surface area (Å²) in [7, 11) is 1.24. The summed E-state index contributed by atoms with van der Waals surface area (Å²) in [6, 6.07) is 10.6. The Labute approximate surface area is 180 Å². The third-order valence-corrected chi connectivity index (χ3v) is 3.74. The molecule has 0 unspecified atom stereocenters. The Kier molecular flexibility index (Phi) is 8.56. The van der Waals surface area contributed by atoms with E-state index in [-0.39, 0.29) is 29.9 Å². The second-order valence-electron chi connectivity index (χ2n) is 5.80. The Balaban J connectivity index is 2.20. The number of para-hydroxylation sites is 1. The van der Waals surface area contributed by atoms with E-state index in [0.29, 0.717) is 16.9 Å². The van der Waals surface area contributed by atoms with Gasteiger partial charge in [0.15, 0.2) is 5.76 Å². The minimum Gasteiger partial charge on any atom is -0.482 e. The molecule has 0 bridgehead atoms. The standard InChI is InChI=1S/C23H21N3O5/c1-5-9-17(13-24)19(6-2)30-21-12-22(26-15-25-21)31-20-11-8-7-10-18(20)14-29-16(3)23(27)28-4/h5-12,15H,2-3,14H2,1,4H3/b9-5+,19-17-. The second-order valence-corrected chi connectivity index (χ2v) is 5.80. The van der Waals surface area contributed by atoms with E-state index in [4.69, 9.17) is 14.2 Å². The number of nitrogens with zero attached hydrogens (tertiary/aromatic N) is 3. The summed E-state index contributed by atoms with van der Waals surface area (Å²) in [4.78, 5) is 19.5. The molecule has 0 fully saturated rings. The maximum atomic E-state index is 11.4. The van der Waals surface area contributed by atoms with Crippen LogP contribution in [0.25, 0.3) is 0 Å². The van der Waals surface area contributed by atoms with E-state index in [2.05, 4.69) is 27.9 Å². The first kappa shape index (κ1) is 22.9. The van der Waals surface area contributed by atoms with E-state index in [1.54, 1.807) is 43.3 Å². The molecule has 158 valence electrons. The van der Waals surface area contributed by atoms with Crippen LogP contribution in [0.15, 0.2) is 85.1 Å². The summed E-state index contributed by atoms with van der Waals surface area (Å²) in [5.41, 5.74) is 0.951. The second kappa shape index (κ2) is 11.6. The molecule has 1 heterocycles. The van der Waals surface area contributed by atoms with Gasteiger partial charge in [0, 0.05) is 5.56 Å². The van der Waals surface area contributed by atoms with Crippen LogP contribution in [0.1, 0.15) is 12.5 Å². The molecule has 8 nitrogen and oxygen atoms in total. The fraction of sp³-hybridized carbons (Fsp3) is 0.130. The molecule has 31 heavy (non-hydrogen) atoms. The van der Waals surface area contributed by atoms with Crippen molar-refractivity contribution in [3.63, 3.8) is 0 Å². The molecule has 0 amide bonds. The zero-order valence-corrected chi connectivity index (χ0v) is 17.2. The van der Waals surface area contributed by atoms with Gasteiger partial charge in [-0.15, -0.1) is 0 Å². The largest absolute Gasteiger partial charge is 0.482 e. The number of benzene rings is 1. The van der Waals surface area contributed by atoms with Crippen molar-refractivity contribution in [2.24, 2.45) is 0 Å². The van der Waals surface area contributed by atoms with Gasteiger partial charge in [-0.2, -0.15) is 5.26 Å². The molecule has 8 heteroatoms. The fourth-order valence-electron chi connectivity index (χ4n) is 2.27. The number of carbonyl (C=O) groups excluding carboxylic acids is 1. The average Bonchev–Trinajstić information content (AvgIpc) is 2.80. The van der Waals surface area contributed by atoms with Crippen LogP contribution >= 0.6 is 0 Å². The number of allylic oxidation sites excluding steroid dienone is 4. The number of hydrogen-bond donors (Lipinski definition) is 0. The van der Waals surface area contributed by atoms with Crippen molar-refractivity contribution in [1.29, 1.82) is 5.26 Å². The van der Waals surface area contributed by atoms with Crippen molar-refractivity contribution in [3.8, 4) is 23.6 Å². The Hall–Kier alpha value is -4.38. The molecular formula is C23H21N3O5. The Morgan fingerprint density at radius 1 is 1.26 bits per heavy atom. The summed E-state index contributed by atoms with van der Waals surface area (Å²) in [6.45, 7) is 9.01. The highest BCUT2D eigenvalue weighted by molar-refractivity contribution is 5.85. The molecule has 0 aliphatic heterocycles. The molecule has 1 aromatic heterocycles. The molecule has 1 aromatic carbocycles. The fourth-order valence-corrected chi connectivity index (χ4v) is 2.27. The van der Waals surface area contributed by atoms with E-state index in [0.717, 1.165) is 0 Å². The van der Waals surface area contributed by atoms with Crippen LogP contribution in [0.5, 0.6) is 17.5 Å². The first-order chi connectivity index (χ1) is 15.0. The molecule has 2 aromatic rings. The lowest BCUT2D eigenvalue weighted by molar-refractivity contribution is -0.140. The van der Waals surface area contributed by atoms with Crippen LogP contribution in [0.2, 0.25) is 0 Å². The summed E-state index contributed by atoms with van der Waals surface area (Å²) < 4.78 is 21.4. The summed E-state index contributed by atoms with van der Waals surface area (Å²) in [5.74, 6) is 0.309. The highest BCUT2D eigenvalue weighted by Gasteiger charge is 2.12. The van der Waals surface area contributed by atoms with Crippen LogP contribution in [-0.2, 0) is 20.9 Å². The van der Waals surface area contributed by atoms with Gasteiger partial charge in [-0.05, 0) is 31.7 Å². The molecule has 0 radical (unpaired) electrons. The van der Waals surface area contributed by atoms with Crippen molar-refractivity contribution in [3.05, 3.63) is 90.7 Å². The molecule has 0 aliphatic rings. The zero-order valence-electron chi connectivity index (χ0n) is 17.2. The van der Waals surface area contributed by atoms with Crippen molar-refractivity contribution in [2.45, 2.75) is 13.5 Å². The predicted octanol–water partition coefficient (Wildman–Crippen LogP) is 4.39. The molecule has 0 saturated carbocycles. The van der Waals surface area contributed by atoms with Crippen molar-refractivity contribution >= 4 is 5.97 Å². The summed E-state index contributed by atoms with van der Waals surface area (Å²) in [6.07, 6.45) is 6.01.